The zero-order chi connectivity index (χ0) is 18.9. The molecule has 2 N–H and O–H groups in total. The van der Waals surface area contributed by atoms with E-state index in [1.54, 1.807) is 54.6 Å². The van der Waals surface area contributed by atoms with E-state index in [1.807, 2.05) is 0 Å². The average molecular weight is 355 g/mol. The summed E-state index contributed by atoms with van der Waals surface area (Å²) in [6, 6.07) is 15.4. The lowest BCUT2D eigenvalue weighted by Gasteiger charge is -2.15. The van der Waals surface area contributed by atoms with Gasteiger partial charge >= 0.3 is 5.97 Å². The van der Waals surface area contributed by atoms with Crippen LogP contribution in [0.1, 0.15) is 41.8 Å². The van der Waals surface area contributed by atoms with E-state index in [1.165, 1.54) is 6.92 Å². The van der Waals surface area contributed by atoms with E-state index < -0.39 is 18.0 Å². The van der Waals surface area contributed by atoms with Gasteiger partial charge in [-0.15, -0.1) is 0 Å². The van der Waals surface area contributed by atoms with Gasteiger partial charge in [-0.05, 0) is 37.6 Å². The molecule has 0 saturated heterocycles. The van der Waals surface area contributed by atoms with Crippen LogP contribution in [0.2, 0.25) is 0 Å². The lowest BCUT2D eigenvalue weighted by atomic mass is 10.1. The minimum absolute atomic E-state index is 0.0123. The quantitative estimate of drug-likeness (QED) is 0.424. The van der Waals surface area contributed by atoms with Crippen LogP contribution in [0.4, 0.5) is 0 Å². The Kier molecular flexibility index (Phi) is 6.91. The molecule has 6 heteroatoms. The lowest BCUT2D eigenvalue weighted by Crippen LogP contribution is -2.26. The highest BCUT2D eigenvalue weighted by Crippen LogP contribution is 2.18. The van der Waals surface area contributed by atoms with Gasteiger partial charge in [0.15, 0.2) is 5.78 Å². The van der Waals surface area contributed by atoms with E-state index in [0.717, 1.165) is 0 Å². The van der Waals surface area contributed by atoms with Crippen molar-refractivity contribution >= 4 is 17.7 Å². The Morgan fingerprint density at radius 3 is 2.23 bits per heavy atom. The number of esters is 1. The third kappa shape index (κ3) is 5.73. The van der Waals surface area contributed by atoms with E-state index in [0.29, 0.717) is 29.9 Å². The van der Waals surface area contributed by atoms with Crippen LogP contribution in [-0.2, 0) is 14.3 Å². The number of carbonyl (C=O) groups excluding carboxylic acids is 3. The Hall–Kier alpha value is -3.15. The van der Waals surface area contributed by atoms with Crippen LogP contribution in [-0.4, -0.2) is 24.3 Å². The summed E-state index contributed by atoms with van der Waals surface area (Å²) in [4.78, 5) is 34.7. The normalized spacial score (nSPS) is 11.4. The van der Waals surface area contributed by atoms with Crippen molar-refractivity contribution in [2.75, 3.05) is 6.61 Å². The fourth-order valence-electron chi connectivity index (χ4n) is 2.30. The highest BCUT2D eigenvalue weighted by molar-refractivity contribution is 5.94. The number of rotatable bonds is 9. The summed E-state index contributed by atoms with van der Waals surface area (Å²) in [5.41, 5.74) is 6.46. The van der Waals surface area contributed by atoms with Crippen LogP contribution in [0.5, 0.6) is 5.75 Å². The minimum Gasteiger partial charge on any atom is -0.494 e. The maximum absolute atomic E-state index is 11.9. The van der Waals surface area contributed by atoms with Gasteiger partial charge in [0.1, 0.15) is 5.75 Å². The molecule has 1 unspecified atom stereocenters. The van der Waals surface area contributed by atoms with E-state index in [-0.39, 0.29) is 12.2 Å². The molecule has 0 aliphatic rings. The predicted octanol–water partition coefficient (Wildman–Crippen LogP) is 2.82. The van der Waals surface area contributed by atoms with Gasteiger partial charge in [-0.1, -0.05) is 30.3 Å². The minimum atomic E-state index is -1.09. The van der Waals surface area contributed by atoms with Crippen molar-refractivity contribution in [3.63, 3.8) is 0 Å². The lowest BCUT2D eigenvalue weighted by molar-refractivity contribution is -0.155. The highest BCUT2D eigenvalue weighted by atomic mass is 16.5. The van der Waals surface area contributed by atoms with E-state index >= 15 is 0 Å². The Labute approximate surface area is 151 Å². The maximum Gasteiger partial charge on any atom is 0.307 e. The SMILES string of the molecule is CC(=O)c1ccc(OCCCC(=O)OC(C(N)=O)c2ccccc2)cc1. The zero-order valence-electron chi connectivity index (χ0n) is 14.5. The Morgan fingerprint density at radius 1 is 1.00 bits per heavy atom. The molecule has 0 aliphatic carbocycles. The average Bonchev–Trinajstić information content (AvgIpc) is 2.64. The van der Waals surface area contributed by atoms with Crippen LogP contribution >= 0.6 is 0 Å². The molecule has 0 bridgehead atoms. The van der Waals surface area contributed by atoms with Crippen molar-refractivity contribution in [3.05, 3.63) is 65.7 Å². The maximum atomic E-state index is 11.9. The number of hydrogen-bond acceptors (Lipinski definition) is 5. The third-order valence-corrected chi connectivity index (χ3v) is 3.66. The van der Waals surface area contributed by atoms with Crippen LogP contribution < -0.4 is 10.5 Å². The summed E-state index contributed by atoms with van der Waals surface area (Å²) < 4.78 is 10.7. The Balaban J connectivity index is 1.77. The first kappa shape index (κ1) is 19.2. The number of carbonyl (C=O) groups is 3. The van der Waals surface area contributed by atoms with Crippen molar-refractivity contribution in [1.82, 2.24) is 0 Å². The molecule has 0 aliphatic heterocycles. The van der Waals surface area contributed by atoms with Gasteiger partial charge in [-0.3, -0.25) is 14.4 Å². The predicted molar refractivity (Wildman–Crippen MR) is 95.6 cm³/mol. The number of ketones is 1. The number of hydrogen-bond donors (Lipinski definition) is 1. The summed E-state index contributed by atoms with van der Waals surface area (Å²) in [6.07, 6.45) is -0.570. The molecular formula is C20H21NO5. The van der Waals surface area contributed by atoms with Crippen molar-refractivity contribution in [2.24, 2.45) is 5.73 Å². The van der Waals surface area contributed by atoms with Crippen molar-refractivity contribution in [2.45, 2.75) is 25.9 Å². The number of nitrogens with two attached hydrogens (primary N) is 1. The Morgan fingerprint density at radius 2 is 1.65 bits per heavy atom. The third-order valence-electron chi connectivity index (χ3n) is 3.66. The number of primary amides is 1. The molecule has 1 atom stereocenters. The van der Waals surface area contributed by atoms with Gasteiger partial charge in [0, 0.05) is 17.5 Å². The second-order valence-corrected chi connectivity index (χ2v) is 5.72. The molecule has 0 aromatic heterocycles. The molecule has 136 valence electrons. The number of amides is 1. The molecule has 0 fully saturated rings. The van der Waals surface area contributed by atoms with E-state index in [9.17, 15) is 14.4 Å². The monoisotopic (exact) mass is 355 g/mol. The van der Waals surface area contributed by atoms with Crippen LogP contribution in [0.25, 0.3) is 0 Å². The van der Waals surface area contributed by atoms with Crippen LogP contribution in [0.15, 0.2) is 54.6 Å². The fraction of sp³-hybridized carbons (Fsp3) is 0.250. The van der Waals surface area contributed by atoms with Crippen molar-refractivity contribution < 1.29 is 23.9 Å². The van der Waals surface area contributed by atoms with E-state index in [2.05, 4.69) is 0 Å². The zero-order valence-corrected chi connectivity index (χ0v) is 14.5. The number of benzene rings is 2. The van der Waals surface area contributed by atoms with Gasteiger partial charge in [-0.25, -0.2) is 0 Å². The topological polar surface area (TPSA) is 95.7 Å². The standard InChI is InChI=1S/C20H21NO5/c1-14(22)15-9-11-17(12-10-15)25-13-5-8-18(23)26-19(20(21)24)16-6-3-2-4-7-16/h2-4,6-7,9-12,19H,5,8,13H2,1H3,(H2,21,24). The molecule has 2 aromatic rings. The first-order valence-electron chi connectivity index (χ1n) is 8.25. The van der Waals surface area contributed by atoms with Crippen LogP contribution in [0, 0.1) is 0 Å². The molecule has 0 saturated carbocycles. The van der Waals surface area contributed by atoms with Crippen molar-refractivity contribution in [1.29, 1.82) is 0 Å². The molecule has 0 radical (unpaired) electrons. The summed E-state index contributed by atoms with van der Waals surface area (Å²) in [7, 11) is 0. The van der Waals surface area contributed by atoms with Gasteiger partial charge in [0.05, 0.1) is 6.61 Å². The molecule has 2 rings (SSSR count). The largest absolute Gasteiger partial charge is 0.494 e. The molecule has 2 aromatic carbocycles. The molecular weight excluding hydrogens is 334 g/mol. The number of Topliss-reactive ketones (excluding diaryl/α,β-unsaturated/α-hetero) is 1. The van der Waals surface area contributed by atoms with Gasteiger partial charge in [0.2, 0.25) is 6.10 Å². The van der Waals surface area contributed by atoms with E-state index in [4.69, 9.17) is 15.2 Å². The summed E-state index contributed by atoms with van der Waals surface area (Å²) >= 11 is 0. The molecule has 0 spiro atoms. The first-order chi connectivity index (χ1) is 12.5. The van der Waals surface area contributed by atoms with Gasteiger partial charge in [-0.2, -0.15) is 0 Å². The smallest absolute Gasteiger partial charge is 0.307 e. The molecule has 26 heavy (non-hydrogen) atoms. The van der Waals surface area contributed by atoms with Gasteiger partial charge < -0.3 is 15.2 Å². The molecule has 1 amide bonds. The van der Waals surface area contributed by atoms with Crippen LogP contribution in [0.3, 0.4) is 0 Å². The van der Waals surface area contributed by atoms with Crippen molar-refractivity contribution in [3.8, 4) is 5.75 Å². The summed E-state index contributed by atoms with van der Waals surface area (Å²) in [5, 5.41) is 0. The highest BCUT2D eigenvalue weighted by Gasteiger charge is 2.22. The second-order valence-electron chi connectivity index (χ2n) is 5.72. The summed E-state index contributed by atoms with van der Waals surface area (Å²) in [5.74, 6) is -0.635. The number of ether oxygens (including phenoxy) is 2. The first-order valence-corrected chi connectivity index (χ1v) is 8.25. The van der Waals surface area contributed by atoms with Gasteiger partial charge in [0.25, 0.3) is 5.91 Å². The fourth-order valence-corrected chi connectivity index (χ4v) is 2.30. The second kappa shape index (κ2) is 9.36. The summed E-state index contributed by atoms with van der Waals surface area (Å²) in [6.45, 7) is 1.80. The molecule has 6 nitrogen and oxygen atoms in total. The molecule has 0 heterocycles. The Bertz CT molecular complexity index is 756.